The summed E-state index contributed by atoms with van der Waals surface area (Å²) in [4.78, 5) is 25.1. The van der Waals surface area contributed by atoms with Gasteiger partial charge in [-0.2, -0.15) is 0 Å². The number of rotatable bonds is 7. The summed E-state index contributed by atoms with van der Waals surface area (Å²) in [6, 6.07) is 54.4. The van der Waals surface area contributed by atoms with Crippen LogP contribution in [0.4, 0.5) is 8.78 Å². The lowest BCUT2D eigenvalue weighted by atomic mass is 10.1. The van der Waals surface area contributed by atoms with Crippen LogP contribution in [-0.4, -0.2) is 34.1 Å². The fraction of sp³-hybridized carbons (Fsp3) is 0. The maximum absolute atomic E-state index is 14.0. The number of benzene rings is 7. The van der Waals surface area contributed by atoms with Crippen LogP contribution in [0.15, 0.2) is 176 Å². The number of halogens is 2. The molecule has 0 radical (unpaired) electrons. The second-order valence-electron chi connectivity index (χ2n) is 13.3. The molecule has 266 valence electrons. The van der Waals surface area contributed by atoms with Crippen LogP contribution in [0.5, 0.6) is 0 Å². The number of nitrogens with zero attached hydrogens (tertiary/aromatic N) is 7. The van der Waals surface area contributed by atoms with Gasteiger partial charge in [-0.05, 0) is 84.9 Å². The topological polar surface area (TPSA) is 74.3 Å². The molecule has 3 aromatic heterocycles. The van der Waals surface area contributed by atoms with Gasteiger partial charge in [0, 0.05) is 39.2 Å². The van der Waals surface area contributed by atoms with E-state index in [0.29, 0.717) is 29.1 Å². The Labute approximate surface area is 319 Å². The fourth-order valence-electron chi connectivity index (χ4n) is 7.09. The number of aromatic nitrogens is 7. The van der Waals surface area contributed by atoms with Gasteiger partial charge in [0.25, 0.3) is 0 Å². The van der Waals surface area contributed by atoms with Gasteiger partial charge in [-0.3, -0.25) is 9.13 Å². The Bertz CT molecular complexity index is 2860. The molecule has 0 spiro atoms. The van der Waals surface area contributed by atoms with Gasteiger partial charge in [0.05, 0.1) is 22.1 Å². The zero-order valence-electron chi connectivity index (χ0n) is 29.6. The van der Waals surface area contributed by atoms with E-state index in [2.05, 4.69) is 0 Å². The van der Waals surface area contributed by atoms with Crippen LogP contribution in [0.1, 0.15) is 0 Å². The first kappa shape index (κ1) is 33.0. The van der Waals surface area contributed by atoms with Crippen molar-refractivity contribution in [3.8, 4) is 68.3 Å². The van der Waals surface area contributed by atoms with Crippen LogP contribution in [-0.2, 0) is 0 Å². The third-order valence-corrected chi connectivity index (χ3v) is 9.72. The van der Waals surface area contributed by atoms with E-state index in [0.717, 1.165) is 61.3 Å². The minimum absolute atomic E-state index is 0.307. The molecule has 0 aliphatic rings. The molecule has 0 aliphatic heterocycles. The summed E-state index contributed by atoms with van der Waals surface area (Å²) in [5.41, 5.74) is 9.11. The summed E-state index contributed by atoms with van der Waals surface area (Å²) in [6.07, 6.45) is 0. The molecule has 0 bridgehead atoms. The van der Waals surface area contributed by atoms with E-state index in [1.54, 1.807) is 24.3 Å². The first-order valence-electron chi connectivity index (χ1n) is 18.1. The monoisotopic (exact) mass is 729 g/mol. The molecule has 0 fully saturated rings. The van der Waals surface area contributed by atoms with E-state index in [9.17, 15) is 8.78 Å². The van der Waals surface area contributed by atoms with Gasteiger partial charge in [-0.1, -0.05) is 91.0 Å². The number of imidazole rings is 2. The normalized spacial score (nSPS) is 11.4. The molecule has 56 heavy (non-hydrogen) atoms. The van der Waals surface area contributed by atoms with Crippen molar-refractivity contribution in [1.29, 1.82) is 0 Å². The number of hydrogen-bond acceptors (Lipinski definition) is 5. The molecular weight excluding hydrogens is 701 g/mol. The smallest absolute Gasteiger partial charge is 0.164 e. The molecular formula is C47H29F2N7. The highest BCUT2D eigenvalue weighted by Crippen LogP contribution is 2.34. The summed E-state index contributed by atoms with van der Waals surface area (Å²) in [6.45, 7) is 0. The van der Waals surface area contributed by atoms with Gasteiger partial charge < -0.3 is 0 Å². The van der Waals surface area contributed by atoms with Crippen molar-refractivity contribution in [2.24, 2.45) is 0 Å². The van der Waals surface area contributed by atoms with Gasteiger partial charge in [0.1, 0.15) is 23.3 Å². The molecule has 0 atom stereocenters. The largest absolute Gasteiger partial charge is 0.292 e. The van der Waals surface area contributed by atoms with E-state index in [4.69, 9.17) is 24.9 Å². The second kappa shape index (κ2) is 13.6. The van der Waals surface area contributed by atoms with Gasteiger partial charge >= 0.3 is 0 Å². The Balaban J connectivity index is 1.12. The minimum Gasteiger partial charge on any atom is -0.292 e. The number of para-hydroxylation sites is 4. The van der Waals surface area contributed by atoms with Crippen LogP contribution in [0, 0.1) is 11.6 Å². The lowest BCUT2D eigenvalue weighted by Crippen LogP contribution is -2.01. The lowest BCUT2D eigenvalue weighted by Gasteiger charge is -2.12. The Morgan fingerprint density at radius 1 is 0.321 bits per heavy atom. The summed E-state index contributed by atoms with van der Waals surface area (Å²) in [7, 11) is 0. The quantitative estimate of drug-likeness (QED) is 0.163. The third-order valence-electron chi connectivity index (χ3n) is 9.72. The molecule has 7 nitrogen and oxygen atoms in total. The van der Waals surface area contributed by atoms with Crippen LogP contribution in [0.3, 0.4) is 0 Å². The predicted octanol–water partition coefficient (Wildman–Crippen LogP) is 11.2. The molecule has 0 unspecified atom stereocenters. The Kier molecular flexibility index (Phi) is 8.03. The van der Waals surface area contributed by atoms with Crippen LogP contribution in [0.2, 0.25) is 0 Å². The molecule has 0 amide bonds. The van der Waals surface area contributed by atoms with Crippen LogP contribution >= 0.6 is 0 Å². The standard InChI is InChI=1S/C47H29F2N7/c48-35-20-24-37(25-21-35)55-41-18-6-4-16-39(41)50-46(55)33-14-8-12-31(28-33)44-52-43(30-10-2-1-3-11-30)53-45(54-44)32-13-9-15-34(29-32)47-51-40-17-5-7-19-42(40)56(47)38-26-22-36(49)23-27-38/h1-29H. The van der Waals surface area contributed by atoms with Crippen molar-refractivity contribution in [1.82, 2.24) is 34.1 Å². The van der Waals surface area contributed by atoms with Gasteiger partial charge in [-0.15, -0.1) is 0 Å². The first-order chi connectivity index (χ1) is 27.6. The van der Waals surface area contributed by atoms with Crippen molar-refractivity contribution in [3.05, 3.63) is 188 Å². The van der Waals surface area contributed by atoms with E-state index in [-0.39, 0.29) is 11.6 Å². The first-order valence-corrected chi connectivity index (χ1v) is 18.1. The van der Waals surface area contributed by atoms with Gasteiger partial charge in [-0.25, -0.2) is 33.7 Å². The molecule has 0 aliphatic carbocycles. The van der Waals surface area contributed by atoms with Crippen molar-refractivity contribution in [3.63, 3.8) is 0 Å². The van der Waals surface area contributed by atoms with Crippen molar-refractivity contribution < 1.29 is 8.78 Å². The lowest BCUT2D eigenvalue weighted by molar-refractivity contribution is 0.627. The molecule has 3 heterocycles. The Morgan fingerprint density at radius 3 is 1.16 bits per heavy atom. The molecule has 10 aromatic rings. The zero-order chi connectivity index (χ0) is 37.6. The van der Waals surface area contributed by atoms with E-state index in [1.807, 2.05) is 137 Å². The summed E-state index contributed by atoms with van der Waals surface area (Å²) >= 11 is 0. The highest BCUT2D eigenvalue weighted by atomic mass is 19.1. The molecule has 0 saturated carbocycles. The minimum atomic E-state index is -0.307. The fourth-order valence-corrected chi connectivity index (χ4v) is 7.09. The number of hydrogen-bond donors (Lipinski definition) is 0. The Hall–Kier alpha value is -7.65. The predicted molar refractivity (Wildman–Crippen MR) is 216 cm³/mol. The molecule has 9 heteroatoms. The molecule has 0 saturated heterocycles. The van der Waals surface area contributed by atoms with Crippen molar-refractivity contribution in [2.75, 3.05) is 0 Å². The third kappa shape index (κ3) is 5.97. The van der Waals surface area contributed by atoms with E-state index >= 15 is 0 Å². The zero-order valence-corrected chi connectivity index (χ0v) is 29.6. The van der Waals surface area contributed by atoms with Gasteiger partial charge in [0.15, 0.2) is 17.5 Å². The molecule has 0 N–H and O–H groups in total. The highest BCUT2D eigenvalue weighted by Gasteiger charge is 2.19. The Morgan fingerprint density at radius 2 is 0.696 bits per heavy atom. The number of fused-ring (bicyclic) bond motifs is 2. The second-order valence-corrected chi connectivity index (χ2v) is 13.3. The van der Waals surface area contributed by atoms with E-state index < -0.39 is 0 Å². The SMILES string of the molecule is Fc1ccc(-n2c(-c3cccc(-c4nc(-c5ccccc5)nc(-c5cccc(-c6nc7ccccc7n6-c6ccc(F)cc6)c5)n4)c3)nc3ccccc32)cc1. The van der Waals surface area contributed by atoms with Crippen molar-refractivity contribution >= 4 is 22.1 Å². The average Bonchev–Trinajstić information content (AvgIpc) is 3.84. The molecule has 7 aromatic carbocycles. The maximum atomic E-state index is 14.0. The van der Waals surface area contributed by atoms with Crippen LogP contribution < -0.4 is 0 Å². The maximum Gasteiger partial charge on any atom is 0.164 e. The van der Waals surface area contributed by atoms with Crippen LogP contribution in [0.25, 0.3) is 90.4 Å². The summed E-state index contributed by atoms with van der Waals surface area (Å²) < 4.78 is 32.1. The summed E-state index contributed by atoms with van der Waals surface area (Å²) in [5, 5.41) is 0. The average molecular weight is 730 g/mol. The summed E-state index contributed by atoms with van der Waals surface area (Å²) in [5.74, 6) is 2.30. The van der Waals surface area contributed by atoms with Gasteiger partial charge in [0.2, 0.25) is 0 Å². The molecule has 10 rings (SSSR count). The van der Waals surface area contributed by atoms with Crippen molar-refractivity contribution in [2.45, 2.75) is 0 Å². The highest BCUT2D eigenvalue weighted by molar-refractivity contribution is 5.85. The van der Waals surface area contributed by atoms with E-state index in [1.165, 1.54) is 24.3 Å².